The van der Waals surface area contributed by atoms with E-state index in [1.807, 2.05) is 4.90 Å². The Kier molecular flexibility index (Phi) is 3.90. The Bertz CT molecular complexity index is 528. The Morgan fingerprint density at radius 1 is 1.05 bits per heavy atom. The summed E-state index contributed by atoms with van der Waals surface area (Å²) >= 11 is 0. The van der Waals surface area contributed by atoms with E-state index in [2.05, 4.69) is 10.2 Å². The molecule has 3 rings (SSSR count). The van der Waals surface area contributed by atoms with E-state index in [9.17, 15) is 9.59 Å². The van der Waals surface area contributed by atoms with Crippen LogP contribution in [0.2, 0.25) is 0 Å². The predicted molar refractivity (Wildman–Crippen MR) is 73.5 cm³/mol. The average Bonchev–Trinajstić information content (AvgIpc) is 3.17. The smallest absolute Gasteiger partial charge is 0.311 e. The van der Waals surface area contributed by atoms with Crippen LogP contribution in [0.5, 0.6) is 0 Å². The van der Waals surface area contributed by atoms with Gasteiger partial charge < -0.3 is 14.2 Å². The second-order valence-electron chi connectivity index (χ2n) is 5.73. The molecule has 1 aliphatic carbocycles. The summed E-state index contributed by atoms with van der Waals surface area (Å²) < 4.78 is 5.16. The molecule has 2 heterocycles. The lowest BCUT2D eigenvalue weighted by molar-refractivity contribution is -0.136. The molecule has 1 saturated heterocycles. The number of nitrogens with zero attached hydrogens (tertiary/aromatic N) is 4. The van der Waals surface area contributed by atoms with Gasteiger partial charge in [0.1, 0.15) is 0 Å². The first-order valence-corrected chi connectivity index (χ1v) is 7.53. The van der Waals surface area contributed by atoms with Crippen LogP contribution >= 0.6 is 0 Å². The van der Waals surface area contributed by atoms with E-state index in [-0.39, 0.29) is 23.6 Å². The molecule has 0 aromatic carbocycles. The molecule has 2 aliphatic rings. The van der Waals surface area contributed by atoms with E-state index in [1.54, 1.807) is 11.8 Å². The molecule has 2 fully saturated rings. The maximum Gasteiger partial charge on any atom is 0.311 e. The van der Waals surface area contributed by atoms with Crippen molar-refractivity contribution in [1.82, 2.24) is 20.0 Å². The number of rotatable bonds is 2. The van der Waals surface area contributed by atoms with E-state index in [0.717, 1.165) is 25.7 Å². The number of carbonyl (C=O) groups is 2. The molecule has 7 heteroatoms. The number of hydrogen-bond donors (Lipinski definition) is 0. The van der Waals surface area contributed by atoms with Crippen LogP contribution in [0.25, 0.3) is 0 Å². The van der Waals surface area contributed by atoms with Gasteiger partial charge in [-0.15, -0.1) is 10.2 Å². The first-order chi connectivity index (χ1) is 10.1. The van der Waals surface area contributed by atoms with Gasteiger partial charge in [-0.3, -0.25) is 9.59 Å². The zero-order valence-corrected chi connectivity index (χ0v) is 12.2. The fourth-order valence-corrected chi connectivity index (χ4v) is 3.08. The molecule has 7 nitrogen and oxygen atoms in total. The van der Waals surface area contributed by atoms with E-state index < -0.39 is 0 Å². The number of aryl methyl sites for hydroxylation is 1. The molecule has 0 spiro atoms. The van der Waals surface area contributed by atoms with Crippen molar-refractivity contribution < 1.29 is 14.0 Å². The topological polar surface area (TPSA) is 79.5 Å². The zero-order valence-electron chi connectivity index (χ0n) is 12.2. The minimum atomic E-state index is -0.247. The van der Waals surface area contributed by atoms with E-state index in [0.29, 0.717) is 32.1 Å². The first kappa shape index (κ1) is 14.0. The molecule has 1 aromatic heterocycles. The highest BCUT2D eigenvalue weighted by atomic mass is 16.4. The molecule has 0 radical (unpaired) electrons. The standard InChI is InChI=1S/C14H20N4O3/c1-10-15-16-12(21-10)14(20)18-8-6-17(7-9-18)13(19)11-4-2-3-5-11/h11H,2-9H2,1H3. The lowest BCUT2D eigenvalue weighted by atomic mass is 10.1. The number of amides is 2. The summed E-state index contributed by atoms with van der Waals surface area (Å²) in [4.78, 5) is 28.1. The van der Waals surface area contributed by atoms with Crippen LogP contribution in [-0.4, -0.2) is 58.0 Å². The van der Waals surface area contributed by atoms with Crippen LogP contribution in [-0.2, 0) is 4.79 Å². The SMILES string of the molecule is Cc1nnc(C(=O)N2CCN(C(=O)C3CCCC3)CC2)o1. The van der Waals surface area contributed by atoms with Gasteiger partial charge in [-0.25, -0.2) is 0 Å². The van der Waals surface area contributed by atoms with Crippen molar-refractivity contribution in [3.05, 3.63) is 11.8 Å². The highest BCUT2D eigenvalue weighted by Crippen LogP contribution is 2.27. The van der Waals surface area contributed by atoms with Gasteiger partial charge in [0.05, 0.1) is 0 Å². The maximum absolute atomic E-state index is 12.3. The lowest BCUT2D eigenvalue weighted by Crippen LogP contribution is -2.51. The fourth-order valence-electron chi connectivity index (χ4n) is 3.08. The Morgan fingerprint density at radius 2 is 1.67 bits per heavy atom. The average molecular weight is 292 g/mol. The second kappa shape index (κ2) is 5.83. The van der Waals surface area contributed by atoms with E-state index >= 15 is 0 Å². The summed E-state index contributed by atoms with van der Waals surface area (Å²) in [7, 11) is 0. The first-order valence-electron chi connectivity index (χ1n) is 7.53. The number of hydrogen-bond acceptors (Lipinski definition) is 5. The van der Waals surface area contributed by atoms with Crippen LogP contribution in [0.15, 0.2) is 4.42 Å². The Labute approximate surface area is 123 Å². The second-order valence-corrected chi connectivity index (χ2v) is 5.73. The predicted octanol–water partition coefficient (Wildman–Crippen LogP) is 0.853. The van der Waals surface area contributed by atoms with Crippen molar-refractivity contribution in [2.24, 2.45) is 5.92 Å². The third kappa shape index (κ3) is 2.91. The maximum atomic E-state index is 12.3. The quantitative estimate of drug-likeness (QED) is 0.807. The summed E-state index contributed by atoms with van der Waals surface area (Å²) in [5.74, 6) is 0.624. The molecule has 0 bridgehead atoms. The molecular formula is C14H20N4O3. The molecule has 0 atom stereocenters. The molecule has 1 saturated carbocycles. The van der Waals surface area contributed by atoms with Gasteiger partial charge in [0.25, 0.3) is 0 Å². The normalized spacial score (nSPS) is 20.0. The van der Waals surface area contributed by atoms with E-state index in [1.165, 1.54) is 0 Å². The highest BCUT2D eigenvalue weighted by molar-refractivity contribution is 5.89. The largest absolute Gasteiger partial charge is 0.417 e. The zero-order chi connectivity index (χ0) is 14.8. The third-order valence-electron chi connectivity index (χ3n) is 4.29. The van der Waals surface area contributed by atoms with Gasteiger partial charge in [-0.05, 0) is 12.8 Å². The van der Waals surface area contributed by atoms with Gasteiger partial charge >= 0.3 is 11.8 Å². The van der Waals surface area contributed by atoms with Gasteiger partial charge in [-0.1, -0.05) is 12.8 Å². The monoisotopic (exact) mass is 292 g/mol. The van der Waals surface area contributed by atoms with Gasteiger partial charge in [-0.2, -0.15) is 0 Å². The summed E-state index contributed by atoms with van der Waals surface area (Å²) in [5, 5.41) is 7.42. The van der Waals surface area contributed by atoms with Crippen LogP contribution < -0.4 is 0 Å². The number of piperazine rings is 1. The molecule has 1 aromatic rings. The molecule has 114 valence electrons. The summed E-state index contributed by atoms with van der Waals surface area (Å²) in [5.41, 5.74) is 0. The third-order valence-corrected chi connectivity index (χ3v) is 4.29. The molecule has 0 N–H and O–H groups in total. The fraction of sp³-hybridized carbons (Fsp3) is 0.714. The Balaban J connectivity index is 1.55. The van der Waals surface area contributed by atoms with Crippen LogP contribution in [0.1, 0.15) is 42.3 Å². The summed E-state index contributed by atoms with van der Waals surface area (Å²) in [6.07, 6.45) is 4.34. The van der Waals surface area contributed by atoms with Crippen LogP contribution in [0, 0.1) is 12.8 Å². The molecular weight excluding hydrogens is 272 g/mol. The Morgan fingerprint density at radius 3 is 2.24 bits per heavy atom. The molecule has 2 amide bonds. The van der Waals surface area contributed by atoms with Crippen LogP contribution in [0.4, 0.5) is 0 Å². The minimum absolute atomic E-state index is 0.0306. The van der Waals surface area contributed by atoms with E-state index in [4.69, 9.17) is 4.42 Å². The molecule has 0 unspecified atom stereocenters. The summed E-state index contributed by atoms with van der Waals surface area (Å²) in [6.45, 7) is 3.89. The number of aromatic nitrogens is 2. The summed E-state index contributed by atoms with van der Waals surface area (Å²) in [6, 6.07) is 0. The highest BCUT2D eigenvalue weighted by Gasteiger charge is 2.31. The van der Waals surface area contributed by atoms with Crippen molar-refractivity contribution in [3.8, 4) is 0 Å². The van der Waals surface area contributed by atoms with Gasteiger partial charge in [0.15, 0.2) is 0 Å². The Hall–Kier alpha value is -1.92. The van der Waals surface area contributed by atoms with Crippen molar-refractivity contribution in [3.63, 3.8) is 0 Å². The van der Waals surface area contributed by atoms with Crippen molar-refractivity contribution >= 4 is 11.8 Å². The van der Waals surface area contributed by atoms with Gasteiger partial charge in [0.2, 0.25) is 11.8 Å². The number of carbonyl (C=O) groups excluding carboxylic acids is 2. The van der Waals surface area contributed by atoms with Crippen molar-refractivity contribution in [2.75, 3.05) is 26.2 Å². The van der Waals surface area contributed by atoms with Crippen molar-refractivity contribution in [2.45, 2.75) is 32.6 Å². The van der Waals surface area contributed by atoms with Crippen molar-refractivity contribution in [1.29, 1.82) is 0 Å². The lowest BCUT2D eigenvalue weighted by Gasteiger charge is -2.35. The minimum Gasteiger partial charge on any atom is -0.417 e. The molecule has 21 heavy (non-hydrogen) atoms. The molecule has 1 aliphatic heterocycles. The van der Waals surface area contributed by atoms with Crippen LogP contribution in [0.3, 0.4) is 0 Å². The van der Waals surface area contributed by atoms with Gasteiger partial charge in [0, 0.05) is 39.0 Å².